The van der Waals surface area contributed by atoms with E-state index in [1.54, 1.807) is 11.8 Å². The van der Waals surface area contributed by atoms with E-state index in [4.69, 9.17) is 0 Å². The van der Waals surface area contributed by atoms with Gasteiger partial charge in [0, 0.05) is 32.4 Å². The lowest BCUT2D eigenvalue weighted by Gasteiger charge is -2.13. The number of amides is 1. The lowest BCUT2D eigenvalue weighted by atomic mass is 10.0. The minimum Gasteiger partial charge on any atom is -0.342 e. The summed E-state index contributed by atoms with van der Waals surface area (Å²) in [5, 5.41) is 0. The first-order chi connectivity index (χ1) is 5.68. The minimum absolute atomic E-state index is 0.109. The molecule has 0 aromatic carbocycles. The Morgan fingerprint density at radius 2 is 2.25 bits per heavy atom. The van der Waals surface area contributed by atoms with Crippen molar-refractivity contribution < 1.29 is 9.59 Å². The smallest absolute Gasteiger partial charge is 0.219 e. The first-order valence-corrected chi connectivity index (χ1v) is 4.46. The first kappa shape index (κ1) is 7.77. The molecular weight excluding hydrogens is 154 g/mol. The molecule has 2 rings (SSSR count). The van der Waals surface area contributed by atoms with Gasteiger partial charge < -0.3 is 4.90 Å². The molecule has 1 heterocycles. The third-order valence-electron chi connectivity index (χ3n) is 3.06. The SMILES string of the molecule is CC(=O)N1CC2CCC(=O)C2C1. The van der Waals surface area contributed by atoms with Gasteiger partial charge in [0.15, 0.2) is 0 Å². The van der Waals surface area contributed by atoms with Gasteiger partial charge in [0.1, 0.15) is 5.78 Å². The number of fused-ring (bicyclic) bond motifs is 1. The predicted octanol–water partition coefficient (Wildman–Crippen LogP) is 0.444. The summed E-state index contributed by atoms with van der Waals surface area (Å²) in [6, 6.07) is 0. The molecular formula is C9H13NO2. The van der Waals surface area contributed by atoms with E-state index < -0.39 is 0 Å². The lowest BCUT2D eigenvalue weighted by molar-refractivity contribution is -0.128. The highest BCUT2D eigenvalue weighted by Gasteiger charge is 2.42. The maximum absolute atomic E-state index is 11.3. The van der Waals surface area contributed by atoms with Gasteiger partial charge >= 0.3 is 0 Å². The lowest BCUT2D eigenvalue weighted by Crippen LogP contribution is -2.27. The molecule has 0 bridgehead atoms. The van der Waals surface area contributed by atoms with E-state index in [9.17, 15) is 9.59 Å². The molecule has 1 amide bonds. The molecule has 0 aromatic rings. The second-order valence-electron chi connectivity index (χ2n) is 3.80. The van der Waals surface area contributed by atoms with E-state index in [0.29, 0.717) is 18.2 Å². The molecule has 2 atom stereocenters. The number of ketones is 1. The van der Waals surface area contributed by atoms with E-state index in [-0.39, 0.29) is 11.8 Å². The number of carbonyl (C=O) groups excluding carboxylic acids is 2. The highest BCUT2D eigenvalue weighted by Crippen LogP contribution is 2.35. The van der Waals surface area contributed by atoms with Crippen molar-refractivity contribution >= 4 is 11.7 Å². The van der Waals surface area contributed by atoms with Gasteiger partial charge in [-0.15, -0.1) is 0 Å². The normalized spacial score (nSPS) is 34.1. The van der Waals surface area contributed by atoms with E-state index in [1.165, 1.54) is 0 Å². The van der Waals surface area contributed by atoms with E-state index in [1.807, 2.05) is 0 Å². The highest BCUT2D eigenvalue weighted by molar-refractivity contribution is 5.85. The number of hydrogen-bond donors (Lipinski definition) is 0. The number of likely N-dealkylation sites (tertiary alicyclic amines) is 1. The molecule has 2 aliphatic rings. The maximum Gasteiger partial charge on any atom is 0.219 e. The Balaban J connectivity index is 2.07. The Labute approximate surface area is 71.7 Å². The maximum atomic E-state index is 11.3. The quantitative estimate of drug-likeness (QED) is 0.525. The van der Waals surface area contributed by atoms with Crippen molar-refractivity contribution in [1.82, 2.24) is 4.90 Å². The van der Waals surface area contributed by atoms with Crippen molar-refractivity contribution in [1.29, 1.82) is 0 Å². The summed E-state index contributed by atoms with van der Waals surface area (Å²) in [5.41, 5.74) is 0. The molecule has 1 aliphatic carbocycles. The Morgan fingerprint density at radius 3 is 2.83 bits per heavy atom. The van der Waals surface area contributed by atoms with E-state index >= 15 is 0 Å². The van der Waals surface area contributed by atoms with Crippen LogP contribution in [0.1, 0.15) is 19.8 Å². The summed E-state index contributed by atoms with van der Waals surface area (Å²) in [6.45, 7) is 3.07. The molecule has 2 fully saturated rings. The fraction of sp³-hybridized carbons (Fsp3) is 0.778. The van der Waals surface area contributed by atoms with Crippen LogP contribution in [0.15, 0.2) is 0 Å². The molecule has 0 spiro atoms. The molecule has 66 valence electrons. The summed E-state index contributed by atoms with van der Waals surface area (Å²) in [6.07, 6.45) is 1.73. The van der Waals surface area contributed by atoms with Gasteiger partial charge in [0.2, 0.25) is 5.91 Å². The second kappa shape index (κ2) is 2.57. The Kier molecular flexibility index (Phi) is 1.67. The van der Waals surface area contributed by atoms with Gasteiger partial charge in [0.25, 0.3) is 0 Å². The zero-order valence-corrected chi connectivity index (χ0v) is 7.25. The summed E-state index contributed by atoms with van der Waals surface area (Å²) in [4.78, 5) is 24.1. The number of nitrogens with zero attached hydrogens (tertiary/aromatic N) is 1. The van der Waals surface area contributed by atoms with Crippen molar-refractivity contribution in [2.75, 3.05) is 13.1 Å². The van der Waals surface area contributed by atoms with E-state index in [0.717, 1.165) is 19.4 Å². The van der Waals surface area contributed by atoms with Gasteiger partial charge in [-0.2, -0.15) is 0 Å². The van der Waals surface area contributed by atoms with Crippen molar-refractivity contribution in [3.63, 3.8) is 0 Å². The van der Waals surface area contributed by atoms with Crippen LogP contribution in [0.4, 0.5) is 0 Å². The monoisotopic (exact) mass is 167 g/mol. The van der Waals surface area contributed by atoms with Crippen LogP contribution in [-0.2, 0) is 9.59 Å². The third-order valence-corrected chi connectivity index (χ3v) is 3.06. The Bertz CT molecular complexity index is 237. The molecule has 12 heavy (non-hydrogen) atoms. The van der Waals surface area contributed by atoms with Gasteiger partial charge in [0.05, 0.1) is 0 Å². The third kappa shape index (κ3) is 1.04. The molecule has 1 saturated carbocycles. The summed E-state index contributed by atoms with van der Waals surface area (Å²) < 4.78 is 0. The standard InChI is InChI=1S/C9H13NO2/c1-6(11)10-4-7-2-3-9(12)8(7)5-10/h7-8H,2-5H2,1H3. The first-order valence-electron chi connectivity index (χ1n) is 4.46. The van der Waals surface area contributed by atoms with E-state index in [2.05, 4.69) is 0 Å². The van der Waals surface area contributed by atoms with Gasteiger partial charge in [-0.1, -0.05) is 0 Å². The van der Waals surface area contributed by atoms with Crippen LogP contribution >= 0.6 is 0 Å². The molecule has 3 heteroatoms. The summed E-state index contributed by atoms with van der Waals surface area (Å²) in [7, 11) is 0. The zero-order valence-electron chi connectivity index (χ0n) is 7.25. The highest BCUT2D eigenvalue weighted by atomic mass is 16.2. The number of Topliss-reactive ketones (excluding diaryl/α,β-unsaturated/α-hetero) is 1. The molecule has 1 saturated heterocycles. The van der Waals surface area contributed by atoms with Crippen LogP contribution in [0, 0.1) is 11.8 Å². The number of rotatable bonds is 0. The Hall–Kier alpha value is -0.860. The molecule has 3 nitrogen and oxygen atoms in total. The fourth-order valence-electron chi connectivity index (χ4n) is 2.30. The van der Waals surface area contributed by atoms with Gasteiger partial charge in [-0.3, -0.25) is 9.59 Å². The number of carbonyl (C=O) groups is 2. The van der Waals surface area contributed by atoms with Crippen molar-refractivity contribution in [2.45, 2.75) is 19.8 Å². The van der Waals surface area contributed by atoms with Crippen LogP contribution in [0.2, 0.25) is 0 Å². The average Bonchev–Trinajstić information content (AvgIpc) is 2.53. The molecule has 0 radical (unpaired) electrons. The van der Waals surface area contributed by atoms with Crippen molar-refractivity contribution in [3.05, 3.63) is 0 Å². The fourth-order valence-corrected chi connectivity index (χ4v) is 2.30. The summed E-state index contributed by atoms with van der Waals surface area (Å²) in [5.74, 6) is 1.12. The molecule has 0 N–H and O–H groups in total. The van der Waals surface area contributed by atoms with Crippen molar-refractivity contribution in [3.8, 4) is 0 Å². The van der Waals surface area contributed by atoms with Crippen LogP contribution in [0.5, 0.6) is 0 Å². The molecule has 0 aromatic heterocycles. The van der Waals surface area contributed by atoms with Crippen LogP contribution < -0.4 is 0 Å². The topological polar surface area (TPSA) is 37.4 Å². The van der Waals surface area contributed by atoms with Crippen LogP contribution in [0.3, 0.4) is 0 Å². The van der Waals surface area contributed by atoms with Crippen LogP contribution in [-0.4, -0.2) is 29.7 Å². The van der Waals surface area contributed by atoms with Gasteiger partial charge in [-0.05, 0) is 12.3 Å². The summed E-state index contributed by atoms with van der Waals surface area (Å²) >= 11 is 0. The predicted molar refractivity (Wildman–Crippen MR) is 43.5 cm³/mol. The zero-order chi connectivity index (χ0) is 8.72. The molecule has 2 unspecified atom stereocenters. The van der Waals surface area contributed by atoms with Gasteiger partial charge in [-0.25, -0.2) is 0 Å². The minimum atomic E-state index is 0.109. The average molecular weight is 167 g/mol. The Morgan fingerprint density at radius 1 is 1.50 bits per heavy atom. The van der Waals surface area contributed by atoms with Crippen molar-refractivity contribution in [2.24, 2.45) is 11.8 Å². The second-order valence-corrected chi connectivity index (χ2v) is 3.80. The molecule has 1 aliphatic heterocycles. The largest absolute Gasteiger partial charge is 0.342 e. The number of hydrogen-bond acceptors (Lipinski definition) is 2. The van der Waals surface area contributed by atoms with Crippen LogP contribution in [0.25, 0.3) is 0 Å².